The maximum absolute atomic E-state index is 11.9. The van der Waals surface area contributed by atoms with Gasteiger partial charge in [0.2, 0.25) is 0 Å². The normalized spacial score (nSPS) is 16.3. The Morgan fingerprint density at radius 3 is 2.58 bits per heavy atom. The van der Waals surface area contributed by atoms with Gasteiger partial charge in [0.1, 0.15) is 0 Å². The number of hydrogen-bond acceptors (Lipinski definition) is 2. The van der Waals surface area contributed by atoms with Gasteiger partial charge in [0.15, 0.2) is 0 Å². The van der Waals surface area contributed by atoms with Crippen molar-refractivity contribution in [3.8, 4) is 0 Å². The van der Waals surface area contributed by atoms with Crippen molar-refractivity contribution in [1.29, 1.82) is 0 Å². The molecule has 19 heavy (non-hydrogen) atoms. The number of carbonyl (C=O) groups is 1. The van der Waals surface area contributed by atoms with Gasteiger partial charge in [-0.2, -0.15) is 0 Å². The predicted molar refractivity (Wildman–Crippen MR) is 77.4 cm³/mol. The van der Waals surface area contributed by atoms with Crippen LogP contribution in [-0.4, -0.2) is 12.6 Å². The topological polar surface area (TPSA) is 26.3 Å². The summed E-state index contributed by atoms with van der Waals surface area (Å²) in [5.74, 6) is 0.584. The highest BCUT2D eigenvalue weighted by molar-refractivity contribution is 5.89. The van der Waals surface area contributed by atoms with Crippen molar-refractivity contribution in [1.82, 2.24) is 0 Å². The Morgan fingerprint density at radius 2 is 1.89 bits per heavy atom. The Bertz CT molecular complexity index is 431. The Morgan fingerprint density at radius 1 is 1.16 bits per heavy atom. The fourth-order valence-electron chi connectivity index (χ4n) is 2.75. The number of carbonyl (C=O) groups excluding carboxylic acids is 1. The third-order valence-corrected chi connectivity index (χ3v) is 4.23. The fraction of sp³-hybridized carbons (Fsp3) is 0.588. The molecule has 1 aromatic rings. The standard InChI is InChI=1S/C17H24O2/c1-13-8-9-16(12-14(13)2)17(18)19-11-10-15-6-4-3-5-7-15/h8-9,12,15H,3-7,10-11H2,1-2H3. The minimum Gasteiger partial charge on any atom is -0.462 e. The molecule has 0 aliphatic heterocycles. The third-order valence-electron chi connectivity index (χ3n) is 4.23. The summed E-state index contributed by atoms with van der Waals surface area (Å²) in [6.07, 6.45) is 7.70. The second-order valence-electron chi connectivity index (χ2n) is 5.73. The summed E-state index contributed by atoms with van der Waals surface area (Å²) in [7, 11) is 0. The lowest BCUT2D eigenvalue weighted by atomic mass is 9.87. The maximum Gasteiger partial charge on any atom is 0.338 e. The van der Waals surface area contributed by atoms with Crippen LogP contribution >= 0.6 is 0 Å². The number of ether oxygens (including phenoxy) is 1. The van der Waals surface area contributed by atoms with Gasteiger partial charge in [-0.05, 0) is 49.4 Å². The molecular weight excluding hydrogens is 236 g/mol. The zero-order valence-electron chi connectivity index (χ0n) is 12.1. The van der Waals surface area contributed by atoms with Crippen LogP contribution in [0.4, 0.5) is 0 Å². The Hall–Kier alpha value is -1.31. The first-order chi connectivity index (χ1) is 9.16. The number of esters is 1. The molecule has 0 heterocycles. The number of benzene rings is 1. The van der Waals surface area contributed by atoms with Gasteiger partial charge in [-0.3, -0.25) is 0 Å². The second kappa shape index (κ2) is 6.74. The highest BCUT2D eigenvalue weighted by atomic mass is 16.5. The molecule has 0 bridgehead atoms. The number of rotatable bonds is 4. The molecule has 0 unspecified atom stereocenters. The Kier molecular flexibility index (Phi) is 5.00. The van der Waals surface area contributed by atoms with Crippen LogP contribution < -0.4 is 0 Å². The second-order valence-corrected chi connectivity index (χ2v) is 5.73. The van der Waals surface area contributed by atoms with Crippen LogP contribution in [0.3, 0.4) is 0 Å². The first-order valence-electron chi connectivity index (χ1n) is 7.41. The molecule has 2 heteroatoms. The smallest absolute Gasteiger partial charge is 0.338 e. The third kappa shape index (κ3) is 4.09. The maximum atomic E-state index is 11.9. The molecule has 0 atom stereocenters. The minimum absolute atomic E-state index is 0.182. The van der Waals surface area contributed by atoms with Crippen LogP contribution in [0, 0.1) is 19.8 Å². The van der Waals surface area contributed by atoms with Crippen molar-refractivity contribution in [2.75, 3.05) is 6.61 Å². The van der Waals surface area contributed by atoms with E-state index in [-0.39, 0.29) is 5.97 Å². The summed E-state index contributed by atoms with van der Waals surface area (Å²) in [4.78, 5) is 11.9. The molecule has 1 aliphatic rings. The zero-order chi connectivity index (χ0) is 13.7. The van der Waals surface area contributed by atoms with Crippen molar-refractivity contribution in [3.05, 3.63) is 34.9 Å². The molecule has 0 spiro atoms. The molecule has 1 saturated carbocycles. The van der Waals surface area contributed by atoms with E-state index in [0.29, 0.717) is 12.2 Å². The molecule has 0 N–H and O–H groups in total. The summed E-state index contributed by atoms with van der Waals surface area (Å²) in [6.45, 7) is 4.64. The van der Waals surface area contributed by atoms with Crippen LogP contribution in [0.2, 0.25) is 0 Å². The molecule has 1 aromatic carbocycles. The molecule has 0 aromatic heterocycles. The van der Waals surface area contributed by atoms with Crippen LogP contribution in [-0.2, 0) is 4.74 Å². The lowest BCUT2D eigenvalue weighted by molar-refractivity contribution is 0.0474. The van der Waals surface area contributed by atoms with Crippen LogP contribution in [0.1, 0.15) is 60.0 Å². The number of aryl methyl sites for hydroxylation is 2. The lowest BCUT2D eigenvalue weighted by Crippen LogP contribution is -2.12. The summed E-state index contributed by atoms with van der Waals surface area (Å²) in [5.41, 5.74) is 3.02. The quantitative estimate of drug-likeness (QED) is 0.748. The van der Waals surface area contributed by atoms with E-state index in [1.807, 2.05) is 32.0 Å². The van der Waals surface area contributed by atoms with Crippen molar-refractivity contribution < 1.29 is 9.53 Å². The van der Waals surface area contributed by atoms with Crippen LogP contribution in [0.15, 0.2) is 18.2 Å². The Labute approximate surface area is 116 Å². The molecule has 2 rings (SSSR count). The predicted octanol–water partition coefficient (Wildman–Crippen LogP) is 4.43. The van der Waals surface area contributed by atoms with Gasteiger partial charge in [0.25, 0.3) is 0 Å². The average Bonchev–Trinajstić information content (AvgIpc) is 2.43. The lowest BCUT2D eigenvalue weighted by Gasteiger charge is -2.21. The molecule has 2 nitrogen and oxygen atoms in total. The van der Waals surface area contributed by atoms with Crippen LogP contribution in [0.25, 0.3) is 0 Å². The van der Waals surface area contributed by atoms with Gasteiger partial charge in [0, 0.05) is 0 Å². The highest BCUT2D eigenvalue weighted by Gasteiger charge is 2.14. The molecule has 1 fully saturated rings. The zero-order valence-corrected chi connectivity index (χ0v) is 12.1. The molecular formula is C17H24O2. The van der Waals surface area contributed by atoms with E-state index < -0.39 is 0 Å². The van der Waals surface area contributed by atoms with Crippen LogP contribution in [0.5, 0.6) is 0 Å². The monoisotopic (exact) mass is 260 g/mol. The van der Waals surface area contributed by atoms with Gasteiger partial charge < -0.3 is 4.74 Å². The van der Waals surface area contributed by atoms with E-state index in [1.165, 1.54) is 37.7 Å². The van der Waals surface area contributed by atoms with E-state index >= 15 is 0 Å². The fourth-order valence-corrected chi connectivity index (χ4v) is 2.75. The first kappa shape index (κ1) is 14.1. The molecule has 1 aliphatic carbocycles. The van der Waals surface area contributed by atoms with Crippen molar-refractivity contribution in [2.24, 2.45) is 5.92 Å². The summed E-state index contributed by atoms with van der Waals surface area (Å²) >= 11 is 0. The van der Waals surface area contributed by atoms with E-state index in [0.717, 1.165) is 17.9 Å². The van der Waals surface area contributed by atoms with E-state index in [1.54, 1.807) is 0 Å². The average molecular weight is 260 g/mol. The van der Waals surface area contributed by atoms with Gasteiger partial charge in [-0.25, -0.2) is 4.79 Å². The summed E-state index contributed by atoms with van der Waals surface area (Å²) in [5, 5.41) is 0. The first-order valence-corrected chi connectivity index (χ1v) is 7.41. The molecule has 0 amide bonds. The summed E-state index contributed by atoms with van der Waals surface area (Å²) < 4.78 is 5.39. The van der Waals surface area contributed by atoms with Crippen molar-refractivity contribution in [2.45, 2.75) is 52.4 Å². The minimum atomic E-state index is -0.182. The molecule has 0 radical (unpaired) electrons. The van der Waals surface area contributed by atoms with Gasteiger partial charge in [-0.15, -0.1) is 0 Å². The van der Waals surface area contributed by atoms with Crippen molar-refractivity contribution in [3.63, 3.8) is 0 Å². The van der Waals surface area contributed by atoms with Gasteiger partial charge in [-0.1, -0.05) is 38.2 Å². The SMILES string of the molecule is Cc1ccc(C(=O)OCCC2CCCCC2)cc1C. The summed E-state index contributed by atoms with van der Waals surface area (Å²) in [6, 6.07) is 5.75. The largest absolute Gasteiger partial charge is 0.462 e. The Balaban J connectivity index is 1.78. The van der Waals surface area contributed by atoms with E-state index in [4.69, 9.17) is 4.74 Å². The number of hydrogen-bond donors (Lipinski definition) is 0. The highest BCUT2D eigenvalue weighted by Crippen LogP contribution is 2.26. The van der Waals surface area contributed by atoms with E-state index in [2.05, 4.69) is 0 Å². The molecule has 104 valence electrons. The van der Waals surface area contributed by atoms with Gasteiger partial charge >= 0.3 is 5.97 Å². The molecule has 0 saturated heterocycles. The van der Waals surface area contributed by atoms with E-state index in [9.17, 15) is 4.79 Å². The van der Waals surface area contributed by atoms with Crippen molar-refractivity contribution >= 4 is 5.97 Å². The van der Waals surface area contributed by atoms with Gasteiger partial charge in [0.05, 0.1) is 12.2 Å².